The molecule has 0 aliphatic heterocycles. The topological polar surface area (TPSA) is 47.3 Å². The minimum atomic E-state index is 0.391. The van der Waals surface area contributed by atoms with Crippen molar-refractivity contribution in [2.45, 2.75) is 25.8 Å². The Morgan fingerprint density at radius 2 is 2.31 bits per heavy atom. The van der Waals surface area contributed by atoms with Crippen molar-refractivity contribution < 1.29 is 4.74 Å². The van der Waals surface area contributed by atoms with Gasteiger partial charge in [0.25, 0.3) is 0 Å². The number of rotatable bonds is 5. The van der Waals surface area contributed by atoms with E-state index in [0.717, 1.165) is 24.0 Å². The predicted molar refractivity (Wildman–Crippen MR) is 65.1 cm³/mol. The minimum Gasteiger partial charge on any atom is -0.497 e. The van der Waals surface area contributed by atoms with Gasteiger partial charge in [0.1, 0.15) is 5.75 Å². The van der Waals surface area contributed by atoms with Crippen LogP contribution in [0.4, 0.5) is 0 Å². The van der Waals surface area contributed by atoms with Gasteiger partial charge in [0.05, 0.1) is 7.11 Å². The van der Waals surface area contributed by atoms with Gasteiger partial charge in [0.2, 0.25) is 0 Å². The molecular formula is C13H20N2O. The maximum atomic E-state index is 5.61. The Kier molecular flexibility index (Phi) is 3.46. The molecule has 3 nitrogen and oxygen atoms in total. The standard InChI is InChI=1S/C13H20N2O/c1-9-6-12(9)13(15-14)8-10-4-3-5-11(7-10)16-2/h3-5,7,9,12-13,15H,6,8,14H2,1-2H3. The molecule has 3 heteroatoms. The number of hydrogen-bond donors (Lipinski definition) is 2. The maximum absolute atomic E-state index is 5.61. The van der Waals surface area contributed by atoms with E-state index in [4.69, 9.17) is 10.6 Å². The van der Waals surface area contributed by atoms with Crippen molar-refractivity contribution in [2.75, 3.05) is 7.11 Å². The first-order chi connectivity index (χ1) is 7.74. The molecule has 1 aromatic carbocycles. The molecule has 16 heavy (non-hydrogen) atoms. The summed E-state index contributed by atoms with van der Waals surface area (Å²) in [6, 6.07) is 8.59. The Morgan fingerprint density at radius 1 is 1.56 bits per heavy atom. The van der Waals surface area contributed by atoms with Gasteiger partial charge in [-0.05, 0) is 42.4 Å². The second-order valence-corrected chi connectivity index (χ2v) is 4.71. The van der Waals surface area contributed by atoms with Crippen LogP contribution in [-0.2, 0) is 6.42 Å². The summed E-state index contributed by atoms with van der Waals surface area (Å²) in [5, 5.41) is 0. The lowest BCUT2D eigenvalue weighted by molar-refractivity contribution is 0.412. The van der Waals surface area contributed by atoms with E-state index in [9.17, 15) is 0 Å². The Bertz CT molecular complexity index is 354. The third-order valence-corrected chi connectivity index (χ3v) is 3.49. The van der Waals surface area contributed by atoms with Crippen molar-refractivity contribution in [1.82, 2.24) is 5.43 Å². The number of benzene rings is 1. The Labute approximate surface area is 97.0 Å². The number of nitrogens with one attached hydrogen (secondary N) is 1. The number of hydrogen-bond acceptors (Lipinski definition) is 3. The zero-order valence-corrected chi connectivity index (χ0v) is 9.94. The van der Waals surface area contributed by atoms with Gasteiger partial charge in [-0.25, -0.2) is 0 Å². The van der Waals surface area contributed by atoms with E-state index in [1.165, 1.54) is 12.0 Å². The molecular weight excluding hydrogens is 200 g/mol. The van der Waals surface area contributed by atoms with Gasteiger partial charge < -0.3 is 4.74 Å². The monoisotopic (exact) mass is 220 g/mol. The molecule has 0 bridgehead atoms. The Balaban J connectivity index is 2.01. The van der Waals surface area contributed by atoms with Crippen molar-refractivity contribution in [3.8, 4) is 5.75 Å². The van der Waals surface area contributed by atoms with Gasteiger partial charge in [-0.1, -0.05) is 19.1 Å². The van der Waals surface area contributed by atoms with E-state index in [1.807, 2.05) is 12.1 Å². The molecule has 1 aliphatic rings. The first-order valence-electron chi connectivity index (χ1n) is 5.83. The molecule has 3 atom stereocenters. The van der Waals surface area contributed by atoms with Gasteiger partial charge in [-0.15, -0.1) is 0 Å². The van der Waals surface area contributed by atoms with Crippen molar-refractivity contribution in [2.24, 2.45) is 17.7 Å². The molecule has 1 saturated carbocycles. The number of nitrogens with two attached hydrogens (primary N) is 1. The molecule has 0 radical (unpaired) electrons. The quantitative estimate of drug-likeness (QED) is 0.587. The van der Waals surface area contributed by atoms with Crippen LogP contribution < -0.4 is 16.0 Å². The number of hydrazine groups is 1. The highest BCUT2D eigenvalue weighted by Gasteiger charge is 2.38. The minimum absolute atomic E-state index is 0.391. The lowest BCUT2D eigenvalue weighted by Crippen LogP contribution is -2.38. The van der Waals surface area contributed by atoms with Crippen LogP contribution in [0.25, 0.3) is 0 Å². The maximum Gasteiger partial charge on any atom is 0.119 e. The fourth-order valence-electron chi connectivity index (χ4n) is 2.30. The largest absolute Gasteiger partial charge is 0.497 e. The van der Waals surface area contributed by atoms with Crippen LogP contribution in [0.3, 0.4) is 0 Å². The molecule has 1 aromatic rings. The molecule has 88 valence electrons. The molecule has 1 fully saturated rings. The predicted octanol–water partition coefficient (Wildman–Crippen LogP) is 1.73. The Morgan fingerprint density at radius 3 is 2.88 bits per heavy atom. The van der Waals surface area contributed by atoms with Crippen LogP contribution in [0.5, 0.6) is 5.75 Å². The van der Waals surface area contributed by atoms with Crippen molar-refractivity contribution in [1.29, 1.82) is 0 Å². The molecule has 0 aromatic heterocycles. The van der Waals surface area contributed by atoms with Gasteiger partial charge in [0.15, 0.2) is 0 Å². The van der Waals surface area contributed by atoms with Crippen LogP contribution in [-0.4, -0.2) is 13.2 Å². The highest BCUT2D eigenvalue weighted by atomic mass is 16.5. The van der Waals surface area contributed by atoms with Crippen molar-refractivity contribution in [3.63, 3.8) is 0 Å². The zero-order chi connectivity index (χ0) is 11.5. The van der Waals surface area contributed by atoms with Crippen LogP contribution in [0.2, 0.25) is 0 Å². The third kappa shape index (κ3) is 2.54. The first-order valence-corrected chi connectivity index (χ1v) is 5.83. The molecule has 0 spiro atoms. The zero-order valence-electron chi connectivity index (χ0n) is 9.94. The van der Waals surface area contributed by atoms with E-state index >= 15 is 0 Å². The third-order valence-electron chi connectivity index (χ3n) is 3.49. The van der Waals surface area contributed by atoms with Crippen LogP contribution in [0.1, 0.15) is 18.9 Å². The normalized spacial score (nSPS) is 25.2. The summed E-state index contributed by atoms with van der Waals surface area (Å²) >= 11 is 0. The smallest absolute Gasteiger partial charge is 0.119 e. The fraction of sp³-hybridized carbons (Fsp3) is 0.538. The number of ether oxygens (including phenoxy) is 1. The van der Waals surface area contributed by atoms with Crippen LogP contribution in [0.15, 0.2) is 24.3 Å². The molecule has 0 amide bonds. The molecule has 0 heterocycles. The second kappa shape index (κ2) is 4.85. The lowest BCUT2D eigenvalue weighted by atomic mass is 10.0. The highest BCUT2D eigenvalue weighted by molar-refractivity contribution is 5.29. The van der Waals surface area contributed by atoms with E-state index in [-0.39, 0.29) is 0 Å². The lowest BCUT2D eigenvalue weighted by Gasteiger charge is -2.16. The van der Waals surface area contributed by atoms with Gasteiger partial charge in [-0.2, -0.15) is 0 Å². The number of methoxy groups -OCH3 is 1. The summed E-state index contributed by atoms with van der Waals surface area (Å²) in [5.74, 6) is 8.07. The van der Waals surface area contributed by atoms with Crippen LogP contribution >= 0.6 is 0 Å². The van der Waals surface area contributed by atoms with Crippen LogP contribution in [0, 0.1) is 11.8 Å². The van der Waals surface area contributed by atoms with E-state index in [2.05, 4.69) is 24.5 Å². The molecule has 2 rings (SSSR count). The summed E-state index contributed by atoms with van der Waals surface area (Å²) in [7, 11) is 1.70. The summed E-state index contributed by atoms with van der Waals surface area (Å²) < 4.78 is 5.22. The van der Waals surface area contributed by atoms with E-state index in [1.54, 1.807) is 7.11 Å². The molecule has 1 aliphatic carbocycles. The summed E-state index contributed by atoms with van der Waals surface area (Å²) in [4.78, 5) is 0. The average molecular weight is 220 g/mol. The Hall–Kier alpha value is -1.06. The van der Waals surface area contributed by atoms with Crippen molar-refractivity contribution >= 4 is 0 Å². The summed E-state index contributed by atoms with van der Waals surface area (Å²) in [5.41, 5.74) is 4.22. The molecule has 3 unspecified atom stereocenters. The SMILES string of the molecule is COc1cccc(CC(NN)C2CC2C)c1. The van der Waals surface area contributed by atoms with Crippen molar-refractivity contribution in [3.05, 3.63) is 29.8 Å². The second-order valence-electron chi connectivity index (χ2n) is 4.71. The van der Waals surface area contributed by atoms with Gasteiger partial charge >= 0.3 is 0 Å². The summed E-state index contributed by atoms with van der Waals surface area (Å²) in [6.45, 7) is 2.28. The molecule has 0 saturated heterocycles. The highest BCUT2D eigenvalue weighted by Crippen LogP contribution is 2.41. The first kappa shape index (κ1) is 11.4. The summed E-state index contributed by atoms with van der Waals surface area (Å²) in [6.07, 6.45) is 2.27. The van der Waals surface area contributed by atoms with E-state index < -0.39 is 0 Å². The van der Waals surface area contributed by atoms with E-state index in [0.29, 0.717) is 6.04 Å². The van der Waals surface area contributed by atoms with Gasteiger partial charge in [-0.3, -0.25) is 11.3 Å². The fourth-order valence-corrected chi connectivity index (χ4v) is 2.30. The average Bonchev–Trinajstić information content (AvgIpc) is 3.03. The van der Waals surface area contributed by atoms with Gasteiger partial charge in [0, 0.05) is 6.04 Å². The molecule has 3 N–H and O–H groups in total.